The minimum absolute atomic E-state index is 0.0292. The highest BCUT2D eigenvalue weighted by molar-refractivity contribution is 7.21. The predicted octanol–water partition coefficient (Wildman–Crippen LogP) is 5.35. The van der Waals surface area contributed by atoms with Gasteiger partial charge in [-0.2, -0.15) is 0 Å². The quantitative estimate of drug-likeness (QED) is 0.367. The maximum atomic E-state index is 11.7. The van der Waals surface area contributed by atoms with Crippen molar-refractivity contribution in [2.24, 2.45) is 5.41 Å². The number of fused-ring (bicyclic) bond motifs is 1. The number of hydrogen-bond donors (Lipinski definition) is 1. The molecule has 1 amide bonds. The van der Waals surface area contributed by atoms with Gasteiger partial charge in [-0.3, -0.25) is 4.90 Å². The zero-order valence-corrected chi connectivity index (χ0v) is 26.7. The van der Waals surface area contributed by atoms with E-state index in [1.54, 1.807) is 23.3 Å². The Balaban J connectivity index is 0.912. The number of hydrogen-bond acceptors (Lipinski definition) is 8. The highest BCUT2D eigenvalue weighted by Gasteiger charge is 2.38. The fourth-order valence-electron chi connectivity index (χ4n) is 6.54. The molecule has 1 unspecified atom stereocenters. The maximum absolute atomic E-state index is 11.7. The zero-order valence-electron chi connectivity index (χ0n) is 25.9. The molecule has 0 bridgehead atoms. The van der Waals surface area contributed by atoms with Gasteiger partial charge in [0.2, 0.25) is 0 Å². The fourth-order valence-corrected chi connectivity index (χ4v) is 7.54. The first kappa shape index (κ1) is 30.1. The summed E-state index contributed by atoms with van der Waals surface area (Å²) in [6, 6.07) is 14.8. The van der Waals surface area contributed by atoms with Crippen molar-refractivity contribution in [3.63, 3.8) is 0 Å². The summed E-state index contributed by atoms with van der Waals surface area (Å²) in [6.07, 6.45) is 2.01. The topological polar surface area (TPSA) is 81.6 Å². The molecule has 43 heavy (non-hydrogen) atoms. The molecule has 6 rings (SSSR count). The third kappa shape index (κ3) is 6.93. The number of ether oxygens (including phenoxy) is 2. The number of anilines is 1. The number of piperidine rings is 1. The van der Waals surface area contributed by atoms with Crippen LogP contribution in [0.3, 0.4) is 0 Å². The van der Waals surface area contributed by atoms with Gasteiger partial charge in [-0.15, -0.1) is 11.3 Å². The molecule has 2 aromatic carbocycles. The van der Waals surface area contributed by atoms with E-state index in [2.05, 4.69) is 59.7 Å². The van der Waals surface area contributed by atoms with E-state index >= 15 is 0 Å². The van der Waals surface area contributed by atoms with Crippen LogP contribution in [0, 0.1) is 5.41 Å². The molecule has 0 saturated carbocycles. The number of benzene rings is 2. The van der Waals surface area contributed by atoms with Crippen LogP contribution in [0.5, 0.6) is 5.75 Å². The smallest absolute Gasteiger partial charge is 0.407 e. The van der Waals surface area contributed by atoms with Gasteiger partial charge in [-0.1, -0.05) is 20.8 Å². The largest absolute Gasteiger partial charge is 0.497 e. The van der Waals surface area contributed by atoms with Crippen molar-refractivity contribution in [1.29, 1.82) is 0 Å². The number of methoxy groups -OCH3 is 1. The lowest BCUT2D eigenvalue weighted by Crippen LogP contribution is -2.60. The second-order valence-electron chi connectivity index (χ2n) is 13.3. The second-order valence-corrected chi connectivity index (χ2v) is 14.3. The minimum atomic E-state index is -0.795. The monoisotopic (exact) mass is 607 g/mol. The Morgan fingerprint density at radius 1 is 0.953 bits per heavy atom. The molecule has 3 aromatic rings. The van der Waals surface area contributed by atoms with Crippen LogP contribution in [-0.4, -0.2) is 115 Å². The lowest BCUT2D eigenvalue weighted by molar-refractivity contribution is -0.0539. The molecule has 9 nitrogen and oxygen atoms in total. The van der Waals surface area contributed by atoms with E-state index in [1.165, 1.54) is 5.69 Å². The van der Waals surface area contributed by atoms with Crippen LogP contribution in [0.2, 0.25) is 0 Å². The number of nitrogens with zero attached hydrogens (tertiary/aromatic N) is 5. The molecule has 4 heterocycles. The number of thiazole rings is 1. The minimum Gasteiger partial charge on any atom is -0.497 e. The Kier molecular flexibility index (Phi) is 8.82. The first-order valence-electron chi connectivity index (χ1n) is 15.6. The van der Waals surface area contributed by atoms with Crippen LogP contribution >= 0.6 is 11.3 Å². The number of amides is 1. The van der Waals surface area contributed by atoms with Crippen LogP contribution in [0.25, 0.3) is 20.8 Å². The normalized spacial score (nSPS) is 21.3. The lowest BCUT2D eigenvalue weighted by atomic mass is 9.84. The highest BCUT2D eigenvalue weighted by Crippen LogP contribution is 2.34. The molecule has 3 aliphatic rings. The van der Waals surface area contributed by atoms with Gasteiger partial charge in [-0.05, 0) is 60.7 Å². The van der Waals surface area contributed by atoms with Crippen LogP contribution in [0.1, 0.15) is 33.6 Å². The summed E-state index contributed by atoms with van der Waals surface area (Å²) < 4.78 is 13.0. The molecule has 1 aromatic heterocycles. The Morgan fingerprint density at radius 2 is 1.67 bits per heavy atom. The molecule has 3 fully saturated rings. The Morgan fingerprint density at radius 3 is 2.35 bits per heavy atom. The molecule has 3 aliphatic heterocycles. The average Bonchev–Trinajstić information content (AvgIpc) is 3.41. The molecule has 10 heteroatoms. The van der Waals surface area contributed by atoms with Gasteiger partial charge in [0.1, 0.15) is 10.8 Å². The number of piperazine rings is 1. The highest BCUT2D eigenvalue weighted by atomic mass is 32.1. The summed E-state index contributed by atoms with van der Waals surface area (Å²) in [7, 11) is 1.69. The molecule has 0 aliphatic carbocycles. The van der Waals surface area contributed by atoms with Gasteiger partial charge < -0.3 is 29.3 Å². The standard InChI is InChI=1S/C33H45N5O4S/c1-33(2,3)30-22-36(17-18-38(30)32(39)40)16-15-35-13-11-25(12-14-35)42-27-20-37(21-27)24-7-5-23(6-8-24)31-34-28-10-9-26(41-4)19-29(28)43-31/h5-10,19,25,27,30H,11-18,20-22H2,1-4H3,(H,39,40). The molecule has 0 radical (unpaired) electrons. The summed E-state index contributed by atoms with van der Waals surface area (Å²) >= 11 is 1.69. The summed E-state index contributed by atoms with van der Waals surface area (Å²) in [5.41, 5.74) is 3.31. The molecule has 1 N–H and O–H groups in total. The van der Waals surface area contributed by atoms with Crippen molar-refractivity contribution in [2.75, 3.05) is 70.9 Å². The Hall–Kier alpha value is -2.92. The fraction of sp³-hybridized carbons (Fsp3) is 0.576. The van der Waals surface area contributed by atoms with Gasteiger partial charge in [-0.25, -0.2) is 9.78 Å². The summed E-state index contributed by atoms with van der Waals surface area (Å²) in [4.78, 5) is 25.6. The molecule has 0 spiro atoms. The first-order chi connectivity index (χ1) is 20.7. The molecular formula is C33H45N5O4S. The third-order valence-electron chi connectivity index (χ3n) is 9.28. The Bertz CT molecular complexity index is 1390. The van der Waals surface area contributed by atoms with E-state index in [1.807, 2.05) is 18.2 Å². The zero-order chi connectivity index (χ0) is 30.1. The number of aromatic nitrogens is 1. The second kappa shape index (κ2) is 12.6. The van der Waals surface area contributed by atoms with Gasteiger partial charge in [0.25, 0.3) is 0 Å². The summed E-state index contributed by atoms with van der Waals surface area (Å²) in [5, 5.41) is 10.7. The van der Waals surface area contributed by atoms with Crippen molar-refractivity contribution in [1.82, 2.24) is 19.7 Å². The lowest BCUT2D eigenvalue weighted by Gasteiger charge is -2.46. The third-order valence-corrected chi connectivity index (χ3v) is 10.4. The summed E-state index contributed by atoms with van der Waals surface area (Å²) in [5.74, 6) is 0.859. The van der Waals surface area contributed by atoms with E-state index in [9.17, 15) is 9.90 Å². The van der Waals surface area contributed by atoms with E-state index in [0.29, 0.717) is 18.8 Å². The molecule has 3 saturated heterocycles. The predicted molar refractivity (Wildman–Crippen MR) is 173 cm³/mol. The maximum Gasteiger partial charge on any atom is 0.407 e. The van der Waals surface area contributed by atoms with Gasteiger partial charge in [0, 0.05) is 70.2 Å². The molecule has 1 atom stereocenters. The van der Waals surface area contributed by atoms with Gasteiger partial charge in [0.15, 0.2) is 0 Å². The number of carbonyl (C=O) groups is 1. The van der Waals surface area contributed by atoms with Gasteiger partial charge in [0.05, 0.1) is 35.6 Å². The van der Waals surface area contributed by atoms with E-state index in [0.717, 1.165) is 91.7 Å². The summed E-state index contributed by atoms with van der Waals surface area (Å²) in [6.45, 7) is 14.7. The van der Waals surface area contributed by atoms with Crippen LogP contribution in [0.4, 0.5) is 10.5 Å². The Labute approximate surface area is 259 Å². The van der Waals surface area contributed by atoms with E-state index in [-0.39, 0.29) is 11.5 Å². The molecule has 232 valence electrons. The SMILES string of the molecule is COc1ccc2nc(-c3ccc(N4CC(OC5CCN(CCN6CCN(C(=O)O)C(C(C)(C)C)C6)CC5)C4)cc3)sc2c1. The number of likely N-dealkylation sites (tertiary alicyclic amines) is 1. The van der Waals surface area contributed by atoms with Crippen LogP contribution in [-0.2, 0) is 4.74 Å². The van der Waals surface area contributed by atoms with Crippen molar-refractivity contribution in [3.8, 4) is 16.3 Å². The van der Waals surface area contributed by atoms with Gasteiger partial charge >= 0.3 is 6.09 Å². The first-order valence-corrected chi connectivity index (χ1v) is 16.4. The van der Waals surface area contributed by atoms with E-state index < -0.39 is 6.09 Å². The van der Waals surface area contributed by atoms with Crippen molar-refractivity contribution in [2.45, 2.75) is 51.9 Å². The molecular weight excluding hydrogens is 562 g/mol. The number of carboxylic acid groups (broad SMARTS) is 1. The average molecular weight is 608 g/mol. The van der Waals surface area contributed by atoms with E-state index in [4.69, 9.17) is 14.5 Å². The number of rotatable bonds is 8. The van der Waals surface area contributed by atoms with Crippen LogP contribution < -0.4 is 9.64 Å². The van der Waals surface area contributed by atoms with Crippen molar-refractivity contribution in [3.05, 3.63) is 42.5 Å². The van der Waals surface area contributed by atoms with Crippen molar-refractivity contribution >= 4 is 33.3 Å². The van der Waals surface area contributed by atoms with Crippen LogP contribution in [0.15, 0.2) is 42.5 Å². The van der Waals surface area contributed by atoms with Crippen molar-refractivity contribution < 1.29 is 19.4 Å².